The molecule has 1 aliphatic heterocycles. The minimum absolute atomic E-state index is 0.0732. The fourth-order valence-electron chi connectivity index (χ4n) is 3.31. The van der Waals surface area contributed by atoms with Crippen LogP contribution in [-0.2, 0) is 10.0 Å². The molecular formula is C19H17ClFN3O2S. The van der Waals surface area contributed by atoms with Crippen LogP contribution in [0.1, 0.15) is 12.1 Å². The molecule has 27 heavy (non-hydrogen) atoms. The molecular weight excluding hydrogens is 389 g/mol. The third-order valence-electron chi connectivity index (χ3n) is 4.75. The first-order valence-corrected chi connectivity index (χ1v) is 10.6. The highest BCUT2D eigenvalue weighted by Crippen LogP contribution is 2.33. The summed E-state index contributed by atoms with van der Waals surface area (Å²) in [5.74, 6) is -0.455. The lowest BCUT2D eigenvalue weighted by Gasteiger charge is -2.23. The molecule has 140 valence electrons. The molecule has 0 spiro atoms. The molecule has 0 saturated carbocycles. The summed E-state index contributed by atoms with van der Waals surface area (Å²) < 4.78 is 38.3. The summed E-state index contributed by atoms with van der Waals surface area (Å²) in [5.41, 5.74) is 4.38. The van der Waals surface area contributed by atoms with Crippen LogP contribution in [0.15, 0.2) is 42.6 Å². The summed E-state index contributed by atoms with van der Waals surface area (Å²) in [6.45, 7) is 0.811. The first-order chi connectivity index (χ1) is 12.8. The highest BCUT2D eigenvalue weighted by molar-refractivity contribution is 7.88. The number of nitrogens with one attached hydrogen (secondary N) is 1. The van der Waals surface area contributed by atoms with Crippen LogP contribution < -0.4 is 0 Å². The number of rotatable bonds is 3. The molecule has 2 aromatic heterocycles. The van der Waals surface area contributed by atoms with E-state index in [1.807, 2.05) is 18.2 Å². The zero-order valence-corrected chi connectivity index (χ0v) is 16.1. The standard InChI is InChI=1S/C19H17ClFN3O2S/c1-27(25,26)24-8-5-12(6-9-24)18-11-15-14(4-7-22-19(15)23-18)13-2-3-17(21)16(20)10-13/h2-5,7,10-11H,6,8-9H2,1H3,(H,22,23). The molecule has 1 aliphatic rings. The molecule has 0 saturated heterocycles. The van der Waals surface area contributed by atoms with Crippen LogP contribution in [0, 0.1) is 5.82 Å². The molecule has 3 aromatic rings. The average molecular weight is 406 g/mol. The van der Waals surface area contributed by atoms with Gasteiger partial charge >= 0.3 is 0 Å². The van der Waals surface area contributed by atoms with Crippen molar-refractivity contribution in [2.24, 2.45) is 0 Å². The number of pyridine rings is 1. The Labute approximate surface area is 161 Å². The molecule has 8 heteroatoms. The summed E-state index contributed by atoms with van der Waals surface area (Å²) in [6, 6.07) is 8.50. The number of nitrogens with zero attached hydrogens (tertiary/aromatic N) is 2. The SMILES string of the molecule is CS(=O)(=O)N1CC=C(c2cc3c(-c4ccc(F)c(Cl)c4)ccnc3[nH]2)CC1. The first-order valence-electron chi connectivity index (χ1n) is 8.40. The van der Waals surface area contributed by atoms with Crippen molar-refractivity contribution >= 4 is 38.2 Å². The van der Waals surface area contributed by atoms with Crippen molar-refractivity contribution in [2.45, 2.75) is 6.42 Å². The van der Waals surface area contributed by atoms with Gasteiger partial charge in [-0.3, -0.25) is 0 Å². The van der Waals surface area contributed by atoms with Crippen molar-refractivity contribution in [3.05, 3.63) is 59.1 Å². The maximum Gasteiger partial charge on any atom is 0.211 e. The fourth-order valence-corrected chi connectivity index (χ4v) is 4.26. The number of halogens is 2. The van der Waals surface area contributed by atoms with Crippen LogP contribution in [0.3, 0.4) is 0 Å². The van der Waals surface area contributed by atoms with Crippen LogP contribution in [-0.4, -0.2) is 42.0 Å². The lowest BCUT2D eigenvalue weighted by atomic mass is 10.0. The van der Waals surface area contributed by atoms with E-state index >= 15 is 0 Å². The summed E-state index contributed by atoms with van der Waals surface area (Å²) in [4.78, 5) is 7.68. The van der Waals surface area contributed by atoms with Gasteiger partial charge in [0.2, 0.25) is 10.0 Å². The number of benzene rings is 1. The van der Waals surface area contributed by atoms with Gasteiger partial charge in [-0.25, -0.2) is 17.8 Å². The van der Waals surface area contributed by atoms with Gasteiger partial charge in [0.05, 0.1) is 11.3 Å². The Morgan fingerprint density at radius 3 is 2.74 bits per heavy atom. The second kappa shape index (κ2) is 6.74. The molecule has 0 atom stereocenters. The van der Waals surface area contributed by atoms with Crippen LogP contribution in [0.4, 0.5) is 4.39 Å². The maximum absolute atomic E-state index is 13.5. The van der Waals surface area contributed by atoms with E-state index in [2.05, 4.69) is 9.97 Å². The fraction of sp³-hybridized carbons (Fsp3) is 0.211. The lowest BCUT2D eigenvalue weighted by molar-refractivity contribution is 0.445. The molecule has 5 nitrogen and oxygen atoms in total. The van der Waals surface area contributed by atoms with E-state index < -0.39 is 15.8 Å². The number of aromatic amines is 1. The molecule has 0 amide bonds. The van der Waals surface area contributed by atoms with Crippen molar-refractivity contribution in [1.82, 2.24) is 14.3 Å². The number of aromatic nitrogens is 2. The van der Waals surface area contributed by atoms with Gasteiger partial charge < -0.3 is 4.98 Å². The van der Waals surface area contributed by atoms with Gasteiger partial charge in [-0.05, 0) is 47.4 Å². The summed E-state index contributed by atoms with van der Waals surface area (Å²) >= 11 is 5.93. The molecule has 1 N–H and O–H groups in total. The summed E-state index contributed by atoms with van der Waals surface area (Å²) in [7, 11) is -3.18. The van der Waals surface area contributed by atoms with Crippen molar-refractivity contribution < 1.29 is 12.8 Å². The van der Waals surface area contributed by atoms with E-state index in [0.29, 0.717) is 19.5 Å². The third kappa shape index (κ3) is 3.50. The Balaban J connectivity index is 1.73. The van der Waals surface area contributed by atoms with Gasteiger partial charge in [0.25, 0.3) is 0 Å². The van der Waals surface area contributed by atoms with Crippen molar-refractivity contribution in [2.75, 3.05) is 19.3 Å². The monoisotopic (exact) mass is 405 g/mol. The smallest absolute Gasteiger partial charge is 0.211 e. The number of sulfonamides is 1. The van der Waals surface area contributed by atoms with E-state index in [0.717, 1.165) is 33.4 Å². The van der Waals surface area contributed by atoms with Crippen LogP contribution in [0.2, 0.25) is 5.02 Å². The van der Waals surface area contributed by atoms with Crippen LogP contribution in [0.5, 0.6) is 0 Å². The van der Waals surface area contributed by atoms with Gasteiger partial charge in [0.1, 0.15) is 11.5 Å². The Morgan fingerprint density at radius 1 is 1.26 bits per heavy atom. The van der Waals surface area contributed by atoms with E-state index in [4.69, 9.17) is 11.6 Å². The Hall–Kier alpha value is -2.22. The average Bonchev–Trinajstić information content (AvgIpc) is 3.08. The lowest BCUT2D eigenvalue weighted by Crippen LogP contribution is -2.33. The zero-order valence-electron chi connectivity index (χ0n) is 14.5. The van der Waals surface area contributed by atoms with Crippen LogP contribution >= 0.6 is 11.6 Å². The third-order valence-corrected chi connectivity index (χ3v) is 6.31. The Kier molecular flexibility index (Phi) is 4.53. The van der Waals surface area contributed by atoms with Crippen molar-refractivity contribution in [1.29, 1.82) is 0 Å². The van der Waals surface area contributed by atoms with Gasteiger partial charge in [-0.15, -0.1) is 0 Å². The molecule has 0 bridgehead atoms. The van der Waals surface area contributed by atoms with E-state index in [-0.39, 0.29) is 5.02 Å². The molecule has 0 fully saturated rings. The molecule has 0 aliphatic carbocycles. The topological polar surface area (TPSA) is 66.1 Å². The molecule has 1 aromatic carbocycles. The number of H-pyrrole nitrogens is 1. The number of fused-ring (bicyclic) bond motifs is 1. The summed E-state index contributed by atoms with van der Waals surface area (Å²) in [5, 5.41) is 0.977. The second-order valence-corrected chi connectivity index (χ2v) is 8.92. The van der Waals surface area contributed by atoms with Crippen molar-refractivity contribution in [3.8, 4) is 11.1 Å². The van der Waals surface area contributed by atoms with E-state index in [9.17, 15) is 12.8 Å². The molecule has 4 rings (SSSR count). The van der Waals surface area contributed by atoms with E-state index in [1.165, 1.54) is 16.6 Å². The van der Waals surface area contributed by atoms with Gasteiger partial charge in [-0.2, -0.15) is 4.31 Å². The predicted molar refractivity (Wildman–Crippen MR) is 106 cm³/mol. The minimum Gasteiger partial charge on any atom is -0.339 e. The van der Waals surface area contributed by atoms with Crippen molar-refractivity contribution in [3.63, 3.8) is 0 Å². The number of hydrogen-bond donors (Lipinski definition) is 1. The predicted octanol–water partition coefficient (Wildman–Crippen LogP) is 4.07. The largest absolute Gasteiger partial charge is 0.339 e. The molecule has 0 radical (unpaired) electrons. The number of hydrogen-bond acceptors (Lipinski definition) is 3. The first kappa shape index (κ1) is 18.2. The minimum atomic E-state index is -3.18. The highest BCUT2D eigenvalue weighted by Gasteiger charge is 2.21. The highest BCUT2D eigenvalue weighted by atomic mass is 35.5. The van der Waals surface area contributed by atoms with Crippen LogP contribution in [0.25, 0.3) is 27.7 Å². The van der Waals surface area contributed by atoms with Gasteiger partial charge in [0.15, 0.2) is 0 Å². The van der Waals surface area contributed by atoms with Gasteiger partial charge in [0, 0.05) is 30.4 Å². The maximum atomic E-state index is 13.5. The molecule has 0 unspecified atom stereocenters. The Morgan fingerprint density at radius 2 is 2.07 bits per heavy atom. The zero-order chi connectivity index (χ0) is 19.2. The molecule has 3 heterocycles. The van der Waals surface area contributed by atoms with E-state index in [1.54, 1.807) is 18.3 Å². The normalized spacial score (nSPS) is 15.9. The second-order valence-electron chi connectivity index (χ2n) is 6.53. The van der Waals surface area contributed by atoms with Gasteiger partial charge in [-0.1, -0.05) is 23.7 Å². The quantitative estimate of drug-likeness (QED) is 0.714. The Bertz CT molecular complexity index is 1170. The summed E-state index contributed by atoms with van der Waals surface area (Å²) in [6.07, 6.45) is 5.45.